The Hall–Kier alpha value is -1.82. The molecule has 2 heterocycles. The number of halogens is 3. The zero-order valence-corrected chi connectivity index (χ0v) is 10.7. The van der Waals surface area contributed by atoms with Crippen LogP contribution in [0.2, 0.25) is 0 Å². The number of nitrogens with one attached hydrogen (secondary N) is 1. The van der Waals surface area contributed by atoms with Gasteiger partial charge in [0.1, 0.15) is 0 Å². The third-order valence-corrected chi connectivity index (χ3v) is 3.67. The van der Waals surface area contributed by atoms with E-state index in [0.717, 1.165) is 43.8 Å². The minimum absolute atomic E-state index is 0.257. The third-order valence-electron chi connectivity index (χ3n) is 3.67. The van der Waals surface area contributed by atoms with Gasteiger partial charge in [0, 0.05) is 29.9 Å². The molecule has 1 aromatic heterocycles. The highest BCUT2D eigenvalue weighted by molar-refractivity contribution is 5.36. The zero-order valence-electron chi connectivity index (χ0n) is 10.7. The lowest BCUT2D eigenvalue weighted by atomic mass is 9.95. The summed E-state index contributed by atoms with van der Waals surface area (Å²) in [6.07, 6.45) is 5.09. The van der Waals surface area contributed by atoms with Crippen LogP contribution in [-0.4, -0.2) is 22.6 Å². The van der Waals surface area contributed by atoms with Crippen molar-refractivity contribution in [2.24, 2.45) is 0 Å². The maximum Gasteiger partial charge on any atom is 0.194 e. The van der Waals surface area contributed by atoms with Crippen molar-refractivity contribution in [3.63, 3.8) is 0 Å². The number of benzene rings is 1. The average molecular weight is 281 g/mol. The fourth-order valence-electron chi connectivity index (χ4n) is 2.62. The lowest BCUT2D eigenvalue weighted by Gasteiger charge is -2.23. The van der Waals surface area contributed by atoms with Gasteiger partial charge in [0.25, 0.3) is 0 Å². The van der Waals surface area contributed by atoms with E-state index in [9.17, 15) is 13.2 Å². The van der Waals surface area contributed by atoms with E-state index < -0.39 is 17.5 Å². The zero-order chi connectivity index (χ0) is 14.1. The first-order valence-electron chi connectivity index (χ1n) is 6.54. The second-order valence-corrected chi connectivity index (χ2v) is 4.94. The van der Waals surface area contributed by atoms with Gasteiger partial charge in [0.05, 0.1) is 12.0 Å². The standard InChI is InChI=1S/C14H14F3N3/c15-11-5-10(6-12(16)14(11)17)20-8-19-7-13(20)9-1-3-18-4-2-9/h5-9,18H,1-4H2. The topological polar surface area (TPSA) is 29.9 Å². The van der Waals surface area contributed by atoms with Gasteiger partial charge >= 0.3 is 0 Å². The highest BCUT2D eigenvalue weighted by atomic mass is 19.2. The predicted octanol–water partition coefficient (Wildman–Crippen LogP) is 2.76. The molecule has 0 amide bonds. The average Bonchev–Trinajstić information content (AvgIpc) is 2.94. The Morgan fingerprint density at radius 3 is 2.40 bits per heavy atom. The molecule has 3 rings (SSSR count). The van der Waals surface area contributed by atoms with Crippen molar-refractivity contribution in [3.05, 3.63) is 47.8 Å². The molecule has 0 bridgehead atoms. The molecular formula is C14H14F3N3. The first-order valence-corrected chi connectivity index (χ1v) is 6.54. The molecule has 1 saturated heterocycles. The molecule has 0 radical (unpaired) electrons. The van der Waals surface area contributed by atoms with E-state index in [4.69, 9.17) is 0 Å². The predicted molar refractivity (Wildman–Crippen MR) is 68.3 cm³/mol. The number of imidazole rings is 1. The first kappa shape index (κ1) is 13.2. The Bertz CT molecular complexity index is 595. The van der Waals surface area contributed by atoms with Gasteiger partial charge in [0.15, 0.2) is 17.5 Å². The Kier molecular flexibility index (Phi) is 3.48. The lowest BCUT2D eigenvalue weighted by Crippen LogP contribution is -2.27. The maximum atomic E-state index is 13.3. The summed E-state index contributed by atoms with van der Waals surface area (Å²) in [5, 5.41) is 3.26. The molecule has 2 aromatic rings. The van der Waals surface area contributed by atoms with Gasteiger partial charge in [-0.25, -0.2) is 18.2 Å². The van der Waals surface area contributed by atoms with Crippen LogP contribution < -0.4 is 5.32 Å². The van der Waals surface area contributed by atoms with Crippen LogP contribution in [0.25, 0.3) is 5.69 Å². The number of aromatic nitrogens is 2. The summed E-state index contributed by atoms with van der Waals surface area (Å²) in [4.78, 5) is 4.06. The minimum atomic E-state index is -1.45. The quantitative estimate of drug-likeness (QED) is 0.858. The van der Waals surface area contributed by atoms with E-state index in [-0.39, 0.29) is 11.6 Å². The molecule has 0 unspecified atom stereocenters. The Morgan fingerprint density at radius 1 is 1.10 bits per heavy atom. The molecule has 106 valence electrons. The van der Waals surface area contributed by atoms with Crippen LogP contribution >= 0.6 is 0 Å². The second-order valence-electron chi connectivity index (χ2n) is 4.94. The van der Waals surface area contributed by atoms with Crippen LogP contribution in [0.3, 0.4) is 0 Å². The lowest BCUT2D eigenvalue weighted by molar-refractivity contribution is 0.441. The van der Waals surface area contributed by atoms with Gasteiger partial charge in [-0.1, -0.05) is 0 Å². The molecular weight excluding hydrogens is 267 g/mol. The first-order chi connectivity index (χ1) is 9.66. The summed E-state index contributed by atoms with van der Waals surface area (Å²) in [6.45, 7) is 1.81. The Morgan fingerprint density at radius 2 is 1.75 bits per heavy atom. The normalized spacial score (nSPS) is 16.6. The molecule has 1 fully saturated rings. The van der Waals surface area contributed by atoms with E-state index in [0.29, 0.717) is 0 Å². The van der Waals surface area contributed by atoms with Crippen LogP contribution in [0.1, 0.15) is 24.5 Å². The molecule has 0 atom stereocenters. The fourth-order valence-corrected chi connectivity index (χ4v) is 2.62. The molecule has 1 aromatic carbocycles. The van der Waals surface area contributed by atoms with E-state index in [2.05, 4.69) is 10.3 Å². The monoisotopic (exact) mass is 281 g/mol. The molecule has 20 heavy (non-hydrogen) atoms. The molecule has 1 N–H and O–H groups in total. The van der Waals surface area contributed by atoms with Crippen LogP contribution in [0, 0.1) is 17.5 Å². The summed E-state index contributed by atoms with van der Waals surface area (Å²) < 4.78 is 41.3. The molecule has 1 aliphatic rings. The van der Waals surface area contributed by atoms with Crippen molar-refractivity contribution >= 4 is 0 Å². The summed E-state index contributed by atoms with van der Waals surface area (Å²) in [5.41, 5.74) is 1.16. The molecule has 6 heteroatoms. The van der Waals surface area contributed by atoms with Gasteiger partial charge in [-0.05, 0) is 25.9 Å². The van der Waals surface area contributed by atoms with Crippen LogP contribution in [-0.2, 0) is 0 Å². The van der Waals surface area contributed by atoms with Gasteiger partial charge in [-0.2, -0.15) is 0 Å². The van der Waals surface area contributed by atoms with Gasteiger partial charge in [-0.15, -0.1) is 0 Å². The van der Waals surface area contributed by atoms with E-state index in [1.165, 1.54) is 6.33 Å². The van der Waals surface area contributed by atoms with Crippen molar-refractivity contribution in [2.45, 2.75) is 18.8 Å². The van der Waals surface area contributed by atoms with Crippen molar-refractivity contribution in [1.29, 1.82) is 0 Å². The summed E-state index contributed by atoms with van der Waals surface area (Å²) in [6, 6.07) is 1.98. The molecule has 3 nitrogen and oxygen atoms in total. The molecule has 1 aliphatic heterocycles. The number of piperidine rings is 1. The van der Waals surface area contributed by atoms with Gasteiger partial charge < -0.3 is 9.88 Å². The van der Waals surface area contributed by atoms with Crippen LogP contribution in [0.5, 0.6) is 0 Å². The van der Waals surface area contributed by atoms with Crippen molar-refractivity contribution in [3.8, 4) is 5.69 Å². The number of hydrogen-bond acceptors (Lipinski definition) is 2. The van der Waals surface area contributed by atoms with Crippen LogP contribution in [0.4, 0.5) is 13.2 Å². The fraction of sp³-hybridized carbons (Fsp3) is 0.357. The summed E-state index contributed by atoms with van der Waals surface area (Å²) >= 11 is 0. The molecule has 0 aliphatic carbocycles. The van der Waals surface area contributed by atoms with Gasteiger partial charge in [0.2, 0.25) is 0 Å². The third kappa shape index (κ3) is 2.31. The summed E-state index contributed by atoms with van der Waals surface area (Å²) in [7, 11) is 0. The minimum Gasteiger partial charge on any atom is -0.317 e. The number of hydrogen-bond donors (Lipinski definition) is 1. The Balaban J connectivity index is 2.00. The second kappa shape index (κ2) is 5.28. The molecule has 0 spiro atoms. The number of nitrogens with zero attached hydrogens (tertiary/aromatic N) is 2. The van der Waals surface area contributed by atoms with Crippen molar-refractivity contribution in [1.82, 2.24) is 14.9 Å². The maximum absolute atomic E-state index is 13.3. The largest absolute Gasteiger partial charge is 0.317 e. The van der Waals surface area contributed by atoms with Crippen LogP contribution in [0.15, 0.2) is 24.7 Å². The highest BCUT2D eigenvalue weighted by Gasteiger charge is 2.20. The van der Waals surface area contributed by atoms with Crippen molar-refractivity contribution < 1.29 is 13.2 Å². The molecule has 0 saturated carbocycles. The highest BCUT2D eigenvalue weighted by Crippen LogP contribution is 2.28. The van der Waals surface area contributed by atoms with E-state index >= 15 is 0 Å². The smallest absolute Gasteiger partial charge is 0.194 e. The SMILES string of the molecule is Fc1cc(-n2cncc2C2CCNCC2)cc(F)c1F. The van der Waals surface area contributed by atoms with E-state index in [1.54, 1.807) is 10.8 Å². The van der Waals surface area contributed by atoms with Crippen molar-refractivity contribution in [2.75, 3.05) is 13.1 Å². The van der Waals surface area contributed by atoms with E-state index in [1.807, 2.05) is 0 Å². The summed E-state index contributed by atoms with van der Waals surface area (Å²) in [5.74, 6) is -3.54. The van der Waals surface area contributed by atoms with Gasteiger partial charge in [-0.3, -0.25) is 0 Å². The Labute approximate surface area is 114 Å². The number of rotatable bonds is 2.